The third-order valence-corrected chi connectivity index (χ3v) is 3.55. The molecule has 0 atom stereocenters. The van der Waals surface area contributed by atoms with Crippen molar-refractivity contribution in [3.05, 3.63) is 11.1 Å². The molecule has 0 unspecified atom stereocenters. The van der Waals surface area contributed by atoms with E-state index in [9.17, 15) is 9.59 Å². The van der Waals surface area contributed by atoms with Crippen LogP contribution in [-0.2, 0) is 14.3 Å². The number of anilines is 1. The maximum Gasteiger partial charge on any atom is 0.306 e. The summed E-state index contributed by atoms with van der Waals surface area (Å²) in [5, 5.41) is 2.97. The van der Waals surface area contributed by atoms with Crippen LogP contribution in [0.3, 0.4) is 0 Å². The summed E-state index contributed by atoms with van der Waals surface area (Å²) in [5.74, 6) is -0.696. The third kappa shape index (κ3) is 5.20. The van der Waals surface area contributed by atoms with E-state index in [0.29, 0.717) is 16.6 Å². The molecule has 0 aliphatic carbocycles. The first-order valence-corrected chi connectivity index (χ1v) is 6.91. The molecule has 0 radical (unpaired) electrons. The molecule has 1 amide bonds. The van der Waals surface area contributed by atoms with E-state index in [1.807, 2.05) is 0 Å². The van der Waals surface area contributed by atoms with Crippen LogP contribution in [0.4, 0.5) is 5.13 Å². The van der Waals surface area contributed by atoms with Crippen LogP contribution in [-0.4, -0.2) is 23.5 Å². The predicted molar refractivity (Wildman–Crippen MR) is 71.1 cm³/mol. The predicted octanol–water partition coefficient (Wildman–Crippen LogP) is 2.90. The second-order valence-electron chi connectivity index (χ2n) is 3.22. The average Bonchev–Trinajstić information content (AvgIpc) is 2.75. The molecule has 0 saturated heterocycles. The summed E-state index contributed by atoms with van der Waals surface area (Å²) >= 11 is 12.5. The van der Waals surface area contributed by atoms with E-state index in [4.69, 9.17) is 27.9 Å². The molecule has 0 aliphatic rings. The van der Waals surface area contributed by atoms with Gasteiger partial charge in [-0.1, -0.05) is 34.5 Å². The van der Waals surface area contributed by atoms with Gasteiger partial charge in [0.2, 0.25) is 5.91 Å². The minimum Gasteiger partial charge on any atom is -0.466 e. The fourth-order valence-corrected chi connectivity index (χ4v) is 2.14. The number of rotatable bonds is 6. The van der Waals surface area contributed by atoms with Crippen molar-refractivity contribution in [2.75, 3.05) is 11.9 Å². The molecule has 0 bridgehead atoms. The number of nitrogens with zero attached hydrogens (tertiary/aromatic N) is 1. The van der Waals surface area contributed by atoms with Gasteiger partial charge in [-0.15, -0.1) is 0 Å². The Labute approximate surface area is 118 Å². The van der Waals surface area contributed by atoms with Gasteiger partial charge >= 0.3 is 5.97 Å². The van der Waals surface area contributed by atoms with Crippen molar-refractivity contribution in [2.45, 2.75) is 24.6 Å². The molecule has 1 aromatic heterocycles. The molecule has 1 heterocycles. The highest BCUT2D eigenvalue weighted by Crippen LogP contribution is 2.31. The average molecular weight is 311 g/mol. The number of carbonyl (C=O) groups excluding carboxylic acids is 2. The molecule has 0 saturated carbocycles. The number of amides is 1. The van der Waals surface area contributed by atoms with Crippen LogP contribution in [0.5, 0.6) is 0 Å². The first-order valence-electron chi connectivity index (χ1n) is 5.22. The highest BCUT2D eigenvalue weighted by atomic mass is 35.5. The fraction of sp³-hybridized carbons (Fsp3) is 0.500. The zero-order chi connectivity index (χ0) is 13.5. The number of hydrogen-bond donors (Lipinski definition) is 1. The van der Waals surface area contributed by atoms with Gasteiger partial charge in [0.25, 0.3) is 0 Å². The van der Waals surface area contributed by atoms with Gasteiger partial charge in [-0.3, -0.25) is 9.59 Å². The maximum absolute atomic E-state index is 11.5. The Hall–Kier alpha value is -0.850. The molecule has 1 N–H and O–H groups in total. The standard InChI is InChI=1S/C10H12Cl2N2O3S/c1-2-17-8(16)4-3-7(15)14-10-13-5-6(18-10)9(11)12/h5,9H,2-4H2,1H3,(H,13,14,15). The van der Waals surface area contributed by atoms with Crippen molar-refractivity contribution in [1.82, 2.24) is 4.98 Å². The van der Waals surface area contributed by atoms with Gasteiger partial charge in [0.1, 0.15) is 4.84 Å². The van der Waals surface area contributed by atoms with Crippen LogP contribution in [0.15, 0.2) is 6.20 Å². The van der Waals surface area contributed by atoms with Crippen molar-refractivity contribution < 1.29 is 14.3 Å². The van der Waals surface area contributed by atoms with Crippen LogP contribution in [0, 0.1) is 0 Å². The number of ether oxygens (including phenoxy) is 1. The van der Waals surface area contributed by atoms with Gasteiger partial charge in [0, 0.05) is 12.6 Å². The number of halogens is 2. The van der Waals surface area contributed by atoms with E-state index in [0.717, 1.165) is 0 Å². The molecule has 0 aromatic carbocycles. The van der Waals surface area contributed by atoms with Crippen LogP contribution in [0.2, 0.25) is 0 Å². The lowest BCUT2D eigenvalue weighted by Gasteiger charge is -2.02. The molecular weight excluding hydrogens is 299 g/mol. The minimum absolute atomic E-state index is 0.0472. The summed E-state index contributed by atoms with van der Waals surface area (Å²) < 4.78 is 4.71. The summed E-state index contributed by atoms with van der Waals surface area (Å²) in [4.78, 5) is 26.5. The number of carbonyl (C=O) groups is 2. The van der Waals surface area contributed by atoms with Crippen LogP contribution >= 0.6 is 34.5 Å². The number of esters is 1. The summed E-state index contributed by atoms with van der Waals surface area (Å²) in [7, 11) is 0. The largest absolute Gasteiger partial charge is 0.466 e. The van der Waals surface area contributed by atoms with Crippen molar-refractivity contribution in [1.29, 1.82) is 0 Å². The number of thiazole rings is 1. The van der Waals surface area contributed by atoms with Crippen LogP contribution < -0.4 is 5.32 Å². The Kier molecular flexibility index (Phi) is 6.38. The van der Waals surface area contributed by atoms with Crippen LogP contribution in [0.25, 0.3) is 0 Å². The lowest BCUT2D eigenvalue weighted by Crippen LogP contribution is -2.14. The Balaban J connectivity index is 2.37. The zero-order valence-electron chi connectivity index (χ0n) is 9.61. The van der Waals surface area contributed by atoms with E-state index >= 15 is 0 Å². The Morgan fingerprint density at radius 1 is 1.50 bits per heavy atom. The SMILES string of the molecule is CCOC(=O)CCC(=O)Nc1ncc(C(Cl)Cl)s1. The summed E-state index contributed by atoms with van der Waals surface area (Å²) in [5.41, 5.74) is 0. The maximum atomic E-state index is 11.5. The Morgan fingerprint density at radius 2 is 2.22 bits per heavy atom. The lowest BCUT2D eigenvalue weighted by atomic mass is 10.3. The molecule has 100 valence electrons. The molecule has 8 heteroatoms. The van der Waals surface area contributed by atoms with E-state index in [-0.39, 0.29) is 18.7 Å². The Bertz CT molecular complexity index is 423. The summed E-state index contributed by atoms with van der Waals surface area (Å²) in [6.45, 7) is 2.02. The molecular formula is C10H12Cl2N2O3S. The summed E-state index contributed by atoms with van der Waals surface area (Å²) in [6, 6.07) is 0. The molecule has 1 aromatic rings. The minimum atomic E-state index is -0.660. The van der Waals surface area contributed by atoms with E-state index < -0.39 is 10.8 Å². The van der Waals surface area contributed by atoms with Gasteiger partial charge in [0.15, 0.2) is 5.13 Å². The zero-order valence-corrected chi connectivity index (χ0v) is 11.9. The van der Waals surface area contributed by atoms with Crippen LogP contribution in [0.1, 0.15) is 29.5 Å². The first-order chi connectivity index (χ1) is 8.52. The van der Waals surface area contributed by atoms with Gasteiger partial charge in [-0.2, -0.15) is 0 Å². The fourth-order valence-electron chi connectivity index (χ4n) is 1.08. The summed E-state index contributed by atoms with van der Waals surface area (Å²) in [6.07, 6.45) is 1.60. The van der Waals surface area contributed by atoms with Gasteiger partial charge < -0.3 is 10.1 Å². The number of alkyl halides is 2. The van der Waals surface area contributed by atoms with Crippen molar-refractivity contribution >= 4 is 51.5 Å². The third-order valence-electron chi connectivity index (χ3n) is 1.85. The number of hydrogen-bond acceptors (Lipinski definition) is 5. The molecule has 1 rings (SSSR count). The quantitative estimate of drug-likeness (QED) is 0.648. The van der Waals surface area contributed by atoms with Crippen molar-refractivity contribution in [3.63, 3.8) is 0 Å². The Morgan fingerprint density at radius 3 is 2.78 bits per heavy atom. The first kappa shape index (κ1) is 15.2. The number of aromatic nitrogens is 1. The van der Waals surface area contributed by atoms with E-state index in [1.54, 1.807) is 6.92 Å². The second kappa shape index (κ2) is 7.56. The van der Waals surface area contributed by atoms with Gasteiger partial charge in [-0.25, -0.2) is 4.98 Å². The molecule has 0 spiro atoms. The monoisotopic (exact) mass is 310 g/mol. The molecule has 0 fully saturated rings. The van der Waals surface area contributed by atoms with E-state index in [1.165, 1.54) is 17.5 Å². The number of nitrogens with one attached hydrogen (secondary N) is 1. The highest BCUT2D eigenvalue weighted by Gasteiger charge is 2.12. The highest BCUT2D eigenvalue weighted by molar-refractivity contribution is 7.16. The van der Waals surface area contributed by atoms with Gasteiger partial charge in [-0.05, 0) is 6.92 Å². The topological polar surface area (TPSA) is 68.3 Å². The van der Waals surface area contributed by atoms with E-state index in [2.05, 4.69) is 10.3 Å². The molecule has 5 nitrogen and oxygen atoms in total. The molecule has 0 aliphatic heterocycles. The van der Waals surface area contributed by atoms with Gasteiger partial charge in [0.05, 0.1) is 17.9 Å². The molecule has 18 heavy (non-hydrogen) atoms. The normalized spacial score (nSPS) is 10.4. The van der Waals surface area contributed by atoms with Crippen molar-refractivity contribution in [3.8, 4) is 0 Å². The van der Waals surface area contributed by atoms with Crippen molar-refractivity contribution in [2.24, 2.45) is 0 Å². The second-order valence-corrected chi connectivity index (χ2v) is 5.38. The lowest BCUT2D eigenvalue weighted by molar-refractivity contribution is -0.144. The smallest absolute Gasteiger partial charge is 0.306 e.